The Hall–Kier alpha value is -6.75. The van der Waals surface area contributed by atoms with Crippen LogP contribution in [0.5, 0.6) is 0 Å². The molecule has 7 rings (SSSR count). The molecule has 1 aliphatic heterocycles. The first kappa shape index (κ1) is 53.1. The summed E-state index contributed by atoms with van der Waals surface area (Å²) in [6.45, 7) is 12.1. The number of aromatic nitrogens is 2. The van der Waals surface area contributed by atoms with Crippen molar-refractivity contribution in [1.29, 1.82) is 0 Å². The molecule has 4 aliphatic rings. The number of benzene rings is 2. The van der Waals surface area contributed by atoms with E-state index in [0.717, 1.165) is 13.1 Å². The second-order valence-electron chi connectivity index (χ2n) is 20.3. The first-order valence-corrected chi connectivity index (χ1v) is 23.3. The number of nitrogens with one attached hydrogen (secondary N) is 1. The summed E-state index contributed by atoms with van der Waals surface area (Å²) in [6.07, 6.45) is -13.0. The highest BCUT2D eigenvalue weighted by Crippen LogP contribution is 2.64. The Morgan fingerprint density at radius 1 is 1.00 bits per heavy atom. The number of hydrogen-bond donors (Lipinski definition) is 4. The molecule has 72 heavy (non-hydrogen) atoms. The first-order chi connectivity index (χ1) is 33.7. The van der Waals surface area contributed by atoms with Gasteiger partial charge in [-0.1, -0.05) is 62.4 Å². The number of aliphatic hydroxyl groups is 3. The van der Waals surface area contributed by atoms with Crippen LogP contribution in [-0.4, -0.2) is 132 Å². The minimum Gasteiger partial charge on any atom is -0.456 e. The minimum absolute atomic E-state index is 0.00387. The molecule has 3 aromatic rings. The number of Topliss-reactive ketones (excluding diaryl/α,β-unsaturated/α-hetero) is 1. The molecule has 1 aromatic heterocycles. The van der Waals surface area contributed by atoms with Crippen LogP contribution in [0.4, 0.5) is 15.4 Å². The number of alkyl carbamates (subject to hydrolysis) is 1. The Morgan fingerprint density at radius 2 is 1.64 bits per heavy atom. The van der Waals surface area contributed by atoms with Crippen LogP contribution in [0.25, 0.3) is 0 Å². The van der Waals surface area contributed by atoms with Crippen molar-refractivity contribution >= 4 is 41.8 Å². The quantitative estimate of drug-likeness (QED) is 0.0601. The van der Waals surface area contributed by atoms with E-state index >= 15 is 4.79 Å². The fourth-order valence-corrected chi connectivity index (χ4v) is 11.0. The summed E-state index contributed by atoms with van der Waals surface area (Å²) in [4.78, 5) is 99.5. The molecule has 4 N–H and O–H groups in total. The number of imidazole rings is 1. The van der Waals surface area contributed by atoms with Crippen LogP contribution in [0.15, 0.2) is 78.0 Å². The van der Waals surface area contributed by atoms with E-state index in [9.17, 15) is 49.4 Å². The third-order valence-electron chi connectivity index (χ3n) is 14.5. The molecule has 1 unspecified atom stereocenters. The highest BCUT2D eigenvalue weighted by molar-refractivity contribution is 5.94. The number of hydrogen-bond acceptors (Lipinski definition) is 19. The average molecular weight is 1010 g/mol. The van der Waals surface area contributed by atoms with Gasteiger partial charge in [0.15, 0.2) is 23.3 Å². The molecule has 11 atom stereocenters. The van der Waals surface area contributed by atoms with Crippen molar-refractivity contribution < 1.29 is 82.2 Å². The zero-order valence-corrected chi connectivity index (χ0v) is 41.3. The van der Waals surface area contributed by atoms with Gasteiger partial charge < -0.3 is 63.9 Å². The van der Waals surface area contributed by atoms with Gasteiger partial charge in [0.25, 0.3) is 0 Å². The van der Waals surface area contributed by atoms with Gasteiger partial charge in [0, 0.05) is 32.1 Å². The topological polar surface area (TPSA) is 301 Å². The summed E-state index contributed by atoms with van der Waals surface area (Å²) < 4.78 is 42.6. The van der Waals surface area contributed by atoms with E-state index in [-0.39, 0.29) is 46.9 Å². The number of esters is 3. The van der Waals surface area contributed by atoms with E-state index in [1.54, 1.807) is 69.3 Å². The van der Waals surface area contributed by atoms with E-state index in [1.165, 1.54) is 51.3 Å². The lowest BCUT2D eigenvalue weighted by molar-refractivity contribution is -0.392. The number of aliphatic hydroxyl groups excluding tert-OH is 2. The van der Waals surface area contributed by atoms with Crippen LogP contribution in [0, 0.1) is 33.8 Å². The molecule has 2 saturated carbocycles. The predicted molar refractivity (Wildman–Crippen MR) is 247 cm³/mol. The highest BCUT2D eigenvalue weighted by atomic mass is 16.7. The Morgan fingerprint density at radius 3 is 2.22 bits per heavy atom. The van der Waals surface area contributed by atoms with Crippen LogP contribution < -0.4 is 5.32 Å². The number of fused-ring (bicyclic) bond motifs is 5. The average Bonchev–Trinajstić information content (AvgIpc) is 3.68. The predicted octanol–water partition coefficient (Wildman–Crippen LogP) is 4.53. The number of rotatable bonds is 13. The molecule has 3 fully saturated rings. The van der Waals surface area contributed by atoms with E-state index in [2.05, 4.69) is 10.3 Å². The zero-order chi connectivity index (χ0) is 52.9. The SMILES string of the molecule is CC(=O)O[C@@]12CO[C@@H]1C[C@H](OC(=O)OCCn1c([N+](=O)[O-])cnc1C)[C@@]1(C)C(=O)[C@H](O)C3=C(C)[C@@H](OC(=O)[C@H](O)[C@@H](NC(=O)OC(C)(C)C)c4ccccc4)C[C@@](O)([C@@H](OC(=O)c4ccccc4)C12)C3(C)C. The lowest BCUT2D eigenvalue weighted by atomic mass is 9.44. The van der Waals surface area contributed by atoms with Crippen molar-refractivity contribution in [2.24, 2.45) is 16.7 Å². The Kier molecular flexibility index (Phi) is 14.5. The molecular weight excluding hydrogens is 945 g/mol. The minimum atomic E-state index is -2.52. The number of nitro groups is 1. The van der Waals surface area contributed by atoms with Crippen molar-refractivity contribution in [2.45, 2.75) is 141 Å². The second kappa shape index (κ2) is 19.7. The molecule has 1 amide bonds. The number of ether oxygens (including phenoxy) is 7. The summed E-state index contributed by atoms with van der Waals surface area (Å²) in [6, 6.07) is 14.2. The molecule has 1 saturated heterocycles. The van der Waals surface area contributed by atoms with E-state index in [1.807, 2.05) is 0 Å². The third kappa shape index (κ3) is 9.54. The number of nitrogens with zero attached hydrogens (tertiary/aromatic N) is 3. The number of aryl methyl sites for hydroxylation is 1. The van der Waals surface area contributed by atoms with Gasteiger partial charge in [0.05, 0.1) is 29.5 Å². The summed E-state index contributed by atoms with van der Waals surface area (Å²) in [5.74, 6) is -6.07. The molecule has 388 valence electrons. The molecule has 2 bridgehead atoms. The summed E-state index contributed by atoms with van der Waals surface area (Å²) in [5.41, 5.74) is -9.25. The fourth-order valence-electron chi connectivity index (χ4n) is 11.0. The van der Waals surface area contributed by atoms with Crippen LogP contribution in [0.1, 0.15) is 96.0 Å². The second-order valence-corrected chi connectivity index (χ2v) is 20.3. The van der Waals surface area contributed by atoms with Gasteiger partial charge in [-0.15, -0.1) is 0 Å². The van der Waals surface area contributed by atoms with Gasteiger partial charge in [-0.2, -0.15) is 0 Å². The van der Waals surface area contributed by atoms with Crippen molar-refractivity contribution in [2.75, 3.05) is 13.2 Å². The van der Waals surface area contributed by atoms with Crippen LogP contribution in [0.3, 0.4) is 0 Å². The number of ketones is 1. The molecular formula is C50H60N4O18. The smallest absolute Gasteiger partial charge is 0.456 e. The summed E-state index contributed by atoms with van der Waals surface area (Å²) in [5, 5.41) is 52.3. The van der Waals surface area contributed by atoms with Crippen molar-refractivity contribution in [1.82, 2.24) is 14.9 Å². The maximum atomic E-state index is 15.7. The van der Waals surface area contributed by atoms with Crippen molar-refractivity contribution in [3.63, 3.8) is 0 Å². The summed E-state index contributed by atoms with van der Waals surface area (Å²) in [7, 11) is 0. The Bertz CT molecular complexity index is 2650. The number of carbonyl (C=O) groups excluding carboxylic acids is 6. The molecule has 2 heterocycles. The van der Waals surface area contributed by atoms with Crippen LogP contribution in [-0.2, 0) is 54.1 Å². The molecule has 0 radical (unpaired) electrons. The normalized spacial score (nSPS) is 29.2. The standard InChI is InChI=1S/C50H60N4O18/c1-26-31(68-43(60)38(57)36(29-16-12-10-13-17-29)52-44(61)72-46(4,5)6)23-50(63)41(70-42(59)30-18-14-11-15-19-30)39-48(9,40(58)37(56)35(26)47(50,7)8)32(22-33-49(39,25-67-33)71-28(3)55)69-45(62)66-21-20-53-27(2)51-24-34(53)54(64)65/h10-19,24,31-33,36-39,41,56-57,63H,20-23,25H2,1-9H3,(H,52,61)/t31-,32-,33+,36-,37+,38+,39?,41-,48+,49-,50+/m0/s1. The van der Waals surface area contributed by atoms with Crippen LogP contribution >= 0.6 is 0 Å². The Labute approximate surface area is 414 Å². The van der Waals surface area contributed by atoms with Crippen molar-refractivity contribution in [3.05, 3.63) is 105 Å². The number of amides is 1. The summed E-state index contributed by atoms with van der Waals surface area (Å²) >= 11 is 0. The zero-order valence-electron chi connectivity index (χ0n) is 41.3. The lowest BCUT2D eigenvalue weighted by Crippen LogP contribution is -2.82. The monoisotopic (exact) mass is 1000 g/mol. The molecule has 0 spiro atoms. The maximum Gasteiger partial charge on any atom is 0.508 e. The van der Waals surface area contributed by atoms with E-state index in [0.29, 0.717) is 0 Å². The van der Waals surface area contributed by atoms with Gasteiger partial charge in [0.2, 0.25) is 0 Å². The largest absolute Gasteiger partial charge is 0.508 e. The Balaban J connectivity index is 1.33. The van der Waals surface area contributed by atoms with Gasteiger partial charge in [0.1, 0.15) is 61.1 Å². The molecule has 22 heteroatoms. The molecule has 2 aromatic carbocycles. The highest BCUT2D eigenvalue weighted by Gasteiger charge is 2.79. The first-order valence-electron chi connectivity index (χ1n) is 23.3. The molecule has 3 aliphatic carbocycles. The van der Waals surface area contributed by atoms with Gasteiger partial charge >= 0.3 is 36.0 Å². The van der Waals surface area contributed by atoms with Gasteiger partial charge in [-0.3, -0.25) is 9.59 Å². The van der Waals surface area contributed by atoms with Gasteiger partial charge in [-0.25, -0.2) is 28.7 Å². The fraction of sp³-hybridized carbons (Fsp3) is 0.540. The van der Waals surface area contributed by atoms with Crippen LogP contribution in [0.2, 0.25) is 0 Å². The number of carbonyl (C=O) groups is 6. The van der Waals surface area contributed by atoms with Gasteiger partial charge in [-0.05, 0) is 68.4 Å². The van der Waals surface area contributed by atoms with Crippen molar-refractivity contribution in [3.8, 4) is 0 Å². The lowest BCUT2D eigenvalue weighted by Gasteiger charge is -2.67. The van der Waals surface area contributed by atoms with E-state index in [4.69, 9.17) is 33.2 Å². The van der Waals surface area contributed by atoms with E-state index < -0.39 is 137 Å². The maximum absolute atomic E-state index is 15.7. The molecule has 22 nitrogen and oxygen atoms in total. The third-order valence-corrected chi connectivity index (χ3v) is 14.5.